The molecule has 1 aliphatic rings. The third kappa shape index (κ3) is 5.71. The largest absolute Gasteiger partial charge is 0.481 e. The third-order valence-electron chi connectivity index (χ3n) is 4.10. The summed E-state index contributed by atoms with van der Waals surface area (Å²) in [5, 5.41) is 12.6. The zero-order chi connectivity index (χ0) is 19.4. The molecule has 0 unspecified atom stereocenters. The van der Waals surface area contributed by atoms with Crippen LogP contribution in [-0.4, -0.2) is 53.4 Å². The first-order chi connectivity index (χ1) is 12.1. The highest BCUT2D eigenvalue weighted by Crippen LogP contribution is 2.27. The number of nitrogens with one attached hydrogen (secondary N) is 1. The molecule has 1 saturated heterocycles. The molecule has 0 saturated carbocycles. The van der Waals surface area contributed by atoms with Crippen LogP contribution in [0.1, 0.15) is 38.3 Å². The standard InChI is InChI=1S/C19H28N2O5/c1-18(2,3)26-17(24)21-12-19(13-21,9-16(22)23)20-10-14-6-5-7-15(8-14)11-25-4/h5-8,20H,9-13H2,1-4H3,(H,22,23). The van der Waals surface area contributed by atoms with E-state index < -0.39 is 23.2 Å². The molecule has 0 aromatic heterocycles. The maximum atomic E-state index is 12.1. The second-order valence-electron chi connectivity index (χ2n) is 7.79. The molecule has 0 bridgehead atoms. The van der Waals surface area contributed by atoms with Gasteiger partial charge >= 0.3 is 12.1 Å². The zero-order valence-electron chi connectivity index (χ0n) is 15.9. The van der Waals surface area contributed by atoms with Crippen molar-refractivity contribution in [1.29, 1.82) is 0 Å². The first-order valence-electron chi connectivity index (χ1n) is 8.64. The number of methoxy groups -OCH3 is 1. The van der Waals surface area contributed by atoms with E-state index >= 15 is 0 Å². The summed E-state index contributed by atoms with van der Waals surface area (Å²) in [5.41, 5.74) is 0.889. The van der Waals surface area contributed by atoms with Crippen molar-refractivity contribution in [3.05, 3.63) is 35.4 Å². The molecule has 144 valence electrons. The van der Waals surface area contributed by atoms with Crippen molar-refractivity contribution in [3.63, 3.8) is 0 Å². The Morgan fingerprint density at radius 1 is 1.27 bits per heavy atom. The number of ether oxygens (including phenoxy) is 2. The number of rotatable bonds is 7. The average Bonchev–Trinajstić information content (AvgIpc) is 2.48. The molecule has 0 spiro atoms. The average molecular weight is 364 g/mol. The molecule has 1 fully saturated rings. The molecule has 1 heterocycles. The van der Waals surface area contributed by atoms with E-state index in [0.717, 1.165) is 11.1 Å². The highest BCUT2D eigenvalue weighted by molar-refractivity contribution is 5.73. The van der Waals surface area contributed by atoms with Gasteiger partial charge in [-0.15, -0.1) is 0 Å². The number of nitrogens with zero attached hydrogens (tertiary/aromatic N) is 1. The maximum absolute atomic E-state index is 12.1. The van der Waals surface area contributed by atoms with Gasteiger partial charge in [-0.3, -0.25) is 4.79 Å². The molecule has 1 aromatic carbocycles. The quantitative estimate of drug-likeness (QED) is 0.772. The molecule has 0 atom stereocenters. The van der Waals surface area contributed by atoms with Gasteiger partial charge in [-0.2, -0.15) is 0 Å². The predicted octanol–water partition coefficient (Wildman–Crippen LogP) is 2.39. The molecule has 2 rings (SSSR count). The van der Waals surface area contributed by atoms with Gasteiger partial charge in [0, 0.05) is 26.7 Å². The summed E-state index contributed by atoms with van der Waals surface area (Å²) < 4.78 is 10.5. The number of hydrogen-bond acceptors (Lipinski definition) is 5. The molecule has 1 aromatic rings. The van der Waals surface area contributed by atoms with Crippen LogP contribution in [0.5, 0.6) is 0 Å². The molecular weight excluding hydrogens is 336 g/mol. The summed E-state index contributed by atoms with van der Waals surface area (Å²) in [6.45, 7) is 7.09. The number of amides is 1. The monoisotopic (exact) mass is 364 g/mol. The first kappa shape index (κ1) is 20.2. The number of benzene rings is 1. The van der Waals surface area contributed by atoms with Gasteiger partial charge in [0.15, 0.2) is 0 Å². The minimum atomic E-state index is -0.894. The van der Waals surface area contributed by atoms with Crippen molar-refractivity contribution in [3.8, 4) is 0 Å². The summed E-state index contributed by atoms with van der Waals surface area (Å²) in [5.74, 6) is -0.894. The molecular formula is C19H28N2O5. The summed E-state index contributed by atoms with van der Waals surface area (Å²) >= 11 is 0. The van der Waals surface area contributed by atoms with Crippen molar-refractivity contribution in [1.82, 2.24) is 10.2 Å². The molecule has 26 heavy (non-hydrogen) atoms. The topological polar surface area (TPSA) is 88.1 Å². The molecule has 1 amide bonds. The van der Waals surface area contributed by atoms with Gasteiger partial charge in [-0.1, -0.05) is 24.3 Å². The summed E-state index contributed by atoms with van der Waals surface area (Å²) in [7, 11) is 1.65. The lowest BCUT2D eigenvalue weighted by atomic mass is 9.86. The Labute approximate surface area is 154 Å². The molecule has 7 heteroatoms. The number of carboxylic acids is 1. The summed E-state index contributed by atoms with van der Waals surface area (Å²) in [6, 6.07) is 7.93. The fraction of sp³-hybridized carbons (Fsp3) is 0.579. The van der Waals surface area contributed by atoms with E-state index in [9.17, 15) is 14.7 Å². The minimum absolute atomic E-state index is 0.0515. The fourth-order valence-corrected chi connectivity index (χ4v) is 3.00. The Morgan fingerprint density at radius 2 is 1.92 bits per heavy atom. The second kappa shape index (κ2) is 8.05. The lowest BCUT2D eigenvalue weighted by Crippen LogP contribution is -2.71. The Morgan fingerprint density at radius 3 is 2.50 bits per heavy atom. The number of carboxylic acid groups (broad SMARTS) is 1. The smallest absolute Gasteiger partial charge is 0.410 e. The van der Waals surface area contributed by atoms with E-state index in [-0.39, 0.29) is 6.42 Å². The summed E-state index contributed by atoms with van der Waals surface area (Å²) in [4.78, 5) is 24.9. The van der Waals surface area contributed by atoms with Gasteiger partial charge in [0.05, 0.1) is 18.6 Å². The number of likely N-dealkylation sites (tertiary alicyclic amines) is 1. The fourth-order valence-electron chi connectivity index (χ4n) is 3.00. The van der Waals surface area contributed by atoms with Crippen molar-refractivity contribution in [2.75, 3.05) is 20.2 Å². The highest BCUT2D eigenvalue weighted by Gasteiger charge is 2.47. The number of hydrogen-bond donors (Lipinski definition) is 2. The molecule has 7 nitrogen and oxygen atoms in total. The maximum Gasteiger partial charge on any atom is 0.410 e. The van der Waals surface area contributed by atoms with Gasteiger partial charge in [0.25, 0.3) is 0 Å². The van der Waals surface area contributed by atoms with Crippen LogP contribution in [0, 0.1) is 0 Å². The van der Waals surface area contributed by atoms with Crippen molar-refractivity contribution in [2.45, 2.75) is 51.5 Å². The van der Waals surface area contributed by atoms with Crippen molar-refractivity contribution >= 4 is 12.1 Å². The predicted molar refractivity (Wildman–Crippen MR) is 96.8 cm³/mol. The number of carbonyl (C=O) groups excluding carboxylic acids is 1. The van der Waals surface area contributed by atoms with E-state index in [0.29, 0.717) is 26.2 Å². The van der Waals surface area contributed by atoms with Gasteiger partial charge < -0.3 is 24.8 Å². The Bertz CT molecular complexity index is 648. The van der Waals surface area contributed by atoms with Crippen LogP contribution in [0.3, 0.4) is 0 Å². The highest BCUT2D eigenvalue weighted by atomic mass is 16.6. The zero-order valence-corrected chi connectivity index (χ0v) is 15.9. The van der Waals surface area contributed by atoms with E-state index in [2.05, 4.69) is 5.32 Å². The van der Waals surface area contributed by atoms with Crippen LogP contribution >= 0.6 is 0 Å². The van der Waals surface area contributed by atoms with Crippen LogP contribution < -0.4 is 5.32 Å². The SMILES string of the molecule is COCc1cccc(CNC2(CC(=O)O)CN(C(=O)OC(C)(C)C)C2)c1. The second-order valence-corrected chi connectivity index (χ2v) is 7.79. The lowest BCUT2D eigenvalue weighted by molar-refractivity contribution is -0.141. The first-order valence-corrected chi connectivity index (χ1v) is 8.64. The van der Waals surface area contributed by atoms with Crippen molar-refractivity contribution < 1.29 is 24.2 Å². The summed E-state index contributed by atoms with van der Waals surface area (Å²) in [6.07, 6.45) is -0.466. The molecule has 0 radical (unpaired) electrons. The lowest BCUT2D eigenvalue weighted by Gasteiger charge is -2.49. The van der Waals surface area contributed by atoms with Gasteiger partial charge in [0.1, 0.15) is 5.60 Å². The van der Waals surface area contributed by atoms with Crippen LogP contribution in [-0.2, 0) is 27.4 Å². The Balaban J connectivity index is 1.98. The van der Waals surface area contributed by atoms with Crippen LogP contribution in [0.2, 0.25) is 0 Å². The van der Waals surface area contributed by atoms with E-state index in [1.54, 1.807) is 27.9 Å². The number of aliphatic carboxylic acids is 1. The molecule has 2 N–H and O–H groups in total. The normalized spacial score (nSPS) is 16.1. The van der Waals surface area contributed by atoms with Crippen molar-refractivity contribution in [2.24, 2.45) is 0 Å². The van der Waals surface area contributed by atoms with Crippen LogP contribution in [0.25, 0.3) is 0 Å². The minimum Gasteiger partial charge on any atom is -0.481 e. The molecule has 1 aliphatic heterocycles. The third-order valence-corrected chi connectivity index (χ3v) is 4.10. The van der Waals surface area contributed by atoms with E-state index in [1.807, 2.05) is 24.3 Å². The van der Waals surface area contributed by atoms with Gasteiger partial charge in [-0.25, -0.2) is 4.79 Å². The van der Waals surface area contributed by atoms with Crippen LogP contribution in [0.4, 0.5) is 4.79 Å². The molecule has 0 aliphatic carbocycles. The number of carbonyl (C=O) groups is 2. The van der Waals surface area contributed by atoms with Gasteiger partial charge in [-0.05, 0) is 31.9 Å². The van der Waals surface area contributed by atoms with Gasteiger partial charge in [0.2, 0.25) is 0 Å². The van der Waals surface area contributed by atoms with E-state index in [4.69, 9.17) is 9.47 Å². The Kier molecular flexibility index (Phi) is 6.26. The van der Waals surface area contributed by atoms with Crippen LogP contribution in [0.15, 0.2) is 24.3 Å². The van der Waals surface area contributed by atoms with E-state index in [1.165, 1.54) is 4.90 Å². The Hall–Kier alpha value is -2.12.